The number of aliphatic carboxylic acids is 2. The second-order valence-corrected chi connectivity index (χ2v) is 13.9. The van der Waals surface area contributed by atoms with Crippen LogP contribution in [0.1, 0.15) is 86.6 Å². The van der Waals surface area contributed by atoms with Crippen LogP contribution in [-0.4, -0.2) is 94.5 Å². The summed E-state index contributed by atoms with van der Waals surface area (Å²) in [6.45, 7) is 1.26. The van der Waals surface area contributed by atoms with Gasteiger partial charge in [0, 0.05) is 55.0 Å². The van der Waals surface area contributed by atoms with Gasteiger partial charge in [-0.25, -0.2) is 9.59 Å². The van der Waals surface area contributed by atoms with Crippen molar-refractivity contribution in [1.29, 1.82) is 0 Å². The Kier molecular flexibility index (Phi) is 12.7. The van der Waals surface area contributed by atoms with E-state index in [9.17, 15) is 53.9 Å². The number of fused-ring (bicyclic) bond motifs is 1. The maximum atomic E-state index is 13.4. The van der Waals surface area contributed by atoms with Crippen LogP contribution in [0.25, 0.3) is 0 Å². The first-order chi connectivity index (χ1) is 24.5. The molecule has 3 saturated carbocycles. The number of carbonyl (C=O) groups is 5. The van der Waals surface area contributed by atoms with E-state index in [1.54, 1.807) is 4.90 Å². The number of carbonyl (C=O) groups excluding carboxylic acids is 3. The van der Waals surface area contributed by atoms with Gasteiger partial charge in [0.15, 0.2) is 0 Å². The van der Waals surface area contributed by atoms with E-state index in [2.05, 4.69) is 21.6 Å². The van der Waals surface area contributed by atoms with Gasteiger partial charge < -0.3 is 25.3 Å². The van der Waals surface area contributed by atoms with Gasteiger partial charge in [0.05, 0.1) is 5.41 Å². The molecule has 6 rings (SSSR count). The predicted molar refractivity (Wildman–Crippen MR) is 166 cm³/mol. The molecular weight excluding hydrogens is 735 g/mol. The highest BCUT2D eigenvalue weighted by atomic mass is 19.4. The highest BCUT2D eigenvalue weighted by Gasteiger charge is 2.62. The van der Waals surface area contributed by atoms with Crippen LogP contribution in [0.4, 0.5) is 45.2 Å². The second-order valence-electron chi connectivity index (χ2n) is 13.9. The Morgan fingerprint density at radius 1 is 0.868 bits per heavy atom. The van der Waals surface area contributed by atoms with Crippen LogP contribution in [-0.2, 0) is 25.7 Å². The highest BCUT2D eigenvalue weighted by Crippen LogP contribution is 2.57. The minimum atomic E-state index is -5.08. The lowest BCUT2D eigenvalue weighted by Crippen LogP contribution is -2.52. The fourth-order valence-corrected chi connectivity index (χ4v) is 6.88. The van der Waals surface area contributed by atoms with E-state index in [1.165, 1.54) is 19.3 Å². The summed E-state index contributed by atoms with van der Waals surface area (Å²) in [5.74, 6) is -5.80. The molecule has 1 atom stereocenters. The van der Waals surface area contributed by atoms with Gasteiger partial charge in [0.2, 0.25) is 11.8 Å². The first-order valence-corrected chi connectivity index (χ1v) is 17.0. The average molecular weight is 775 g/mol. The third kappa shape index (κ3) is 10.3. The largest absolute Gasteiger partial charge is 0.490 e. The van der Waals surface area contributed by atoms with Gasteiger partial charge in [-0.3, -0.25) is 19.7 Å². The van der Waals surface area contributed by atoms with Crippen LogP contribution < -0.4 is 15.5 Å². The number of benzene rings is 1. The SMILES string of the molecule is O=C(O)C(F)(F)F.O=C(O)C(F)(F)F.O=C1CCC(N2Cc3c(cccc3N(CC3CCC3)C3CCC(NCC4(C(F)(F)F)CC4)CC3)C2=O)C(=O)N1. The van der Waals surface area contributed by atoms with Gasteiger partial charge in [0.1, 0.15) is 6.04 Å². The van der Waals surface area contributed by atoms with Gasteiger partial charge in [-0.1, -0.05) is 12.5 Å². The minimum absolute atomic E-state index is 0.0160. The zero-order chi connectivity index (χ0) is 39.5. The van der Waals surface area contributed by atoms with Crippen LogP contribution in [0.3, 0.4) is 0 Å². The Balaban J connectivity index is 0.000000381. The Hall–Kier alpha value is -4.10. The summed E-state index contributed by atoms with van der Waals surface area (Å²) in [5, 5.41) is 19.9. The Bertz CT molecular complexity index is 1510. The summed E-state index contributed by atoms with van der Waals surface area (Å²) in [6.07, 6.45) is -6.27. The fraction of sp³-hybridized carbons (Fsp3) is 0.667. The quantitative estimate of drug-likeness (QED) is 0.196. The normalized spacial score (nSPS) is 24.1. The van der Waals surface area contributed by atoms with E-state index in [0.29, 0.717) is 24.4 Å². The molecule has 1 unspecified atom stereocenters. The van der Waals surface area contributed by atoms with Crippen LogP contribution >= 0.6 is 0 Å². The number of carboxylic acids is 2. The lowest BCUT2D eigenvalue weighted by Gasteiger charge is -2.43. The molecule has 11 nitrogen and oxygen atoms in total. The van der Waals surface area contributed by atoms with Crippen molar-refractivity contribution in [1.82, 2.24) is 15.5 Å². The van der Waals surface area contributed by atoms with Crippen molar-refractivity contribution in [2.24, 2.45) is 11.3 Å². The molecule has 5 aliphatic rings. The molecule has 1 aromatic carbocycles. The lowest BCUT2D eigenvalue weighted by atomic mass is 9.83. The average Bonchev–Trinajstić information content (AvgIpc) is 3.78. The summed E-state index contributed by atoms with van der Waals surface area (Å²) in [5.41, 5.74) is 1.07. The number of hydrogen-bond acceptors (Lipinski definition) is 7. The molecule has 3 aliphatic carbocycles. The van der Waals surface area contributed by atoms with Gasteiger partial charge in [0.25, 0.3) is 5.91 Å². The number of nitrogens with zero attached hydrogens (tertiary/aromatic N) is 2. The smallest absolute Gasteiger partial charge is 0.475 e. The minimum Gasteiger partial charge on any atom is -0.475 e. The highest BCUT2D eigenvalue weighted by molar-refractivity contribution is 6.06. The number of imide groups is 1. The zero-order valence-corrected chi connectivity index (χ0v) is 28.2. The summed E-state index contributed by atoms with van der Waals surface area (Å²) in [4.78, 5) is 59.4. The monoisotopic (exact) mass is 774 g/mol. The fourth-order valence-electron chi connectivity index (χ4n) is 6.88. The molecular formula is C33H39F9N4O7. The van der Waals surface area contributed by atoms with Crippen LogP contribution in [0.5, 0.6) is 0 Å². The number of carboxylic acid groups (broad SMARTS) is 2. The maximum Gasteiger partial charge on any atom is 0.490 e. The first kappa shape index (κ1) is 41.7. The van der Waals surface area contributed by atoms with Crippen molar-refractivity contribution in [2.75, 3.05) is 18.0 Å². The van der Waals surface area contributed by atoms with Crippen molar-refractivity contribution in [3.63, 3.8) is 0 Å². The molecule has 0 radical (unpaired) electrons. The van der Waals surface area contributed by atoms with Gasteiger partial charge in [-0.15, -0.1) is 0 Å². The first-order valence-electron chi connectivity index (χ1n) is 17.0. The predicted octanol–water partition coefficient (Wildman–Crippen LogP) is 5.56. The summed E-state index contributed by atoms with van der Waals surface area (Å²) < 4.78 is 104. The van der Waals surface area contributed by atoms with E-state index in [-0.39, 0.29) is 49.7 Å². The van der Waals surface area contributed by atoms with E-state index in [0.717, 1.165) is 43.5 Å². The molecule has 0 aromatic heterocycles. The van der Waals surface area contributed by atoms with E-state index in [4.69, 9.17) is 19.8 Å². The van der Waals surface area contributed by atoms with Gasteiger partial charge >= 0.3 is 30.5 Å². The second kappa shape index (κ2) is 16.1. The molecule has 1 aromatic rings. The van der Waals surface area contributed by atoms with E-state index in [1.807, 2.05) is 12.1 Å². The number of anilines is 1. The summed E-state index contributed by atoms with van der Waals surface area (Å²) in [7, 11) is 0. The van der Waals surface area contributed by atoms with Crippen molar-refractivity contribution in [3.8, 4) is 0 Å². The zero-order valence-electron chi connectivity index (χ0n) is 28.2. The van der Waals surface area contributed by atoms with Crippen molar-refractivity contribution < 1.29 is 73.7 Å². The van der Waals surface area contributed by atoms with Crippen molar-refractivity contribution in [2.45, 2.75) is 114 Å². The van der Waals surface area contributed by atoms with Crippen LogP contribution in [0.2, 0.25) is 0 Å². The van der Waals surface area contributed by atoms with Crippen LogP contribution in [0, 0.1) is 11.3 Å². The molecule has 1 saturated heterocycles. The molecule has 53 heavy (non-hydrogen) atoms. The maximum absolute atomic E-state index is 13.4. The molecule has 20 heteroatoms. The number of alkyl halides is 9. The topological polar surface area (TPSA) is 156 Å². The number of piperidine rings is 1. The molecule has 2 heterocycles. The molecule has 3 amide bonds. The standard InChI is InChI=1S/C29H37F3N4O3.2C2HF3O2/c30-29(31,32)28(13-14-28)17-33-19-7-9-20(10-8-19)35(15-18-3-1-4-18)23-6-2-5-21-22(23)16-36(27(21)39)24-11-12-25(37)34-26(24)38;2*3-2(4,5)1(6)7/h2,5-6,18-20,24,33H,1,3-4,7-17H2,(H,34,37,38);2*(H,6,7). The third-order valence-corrected chi connectivity index (χ3v) is 10.4. The molecule has 4 N–H and O–H groups in total. The van der Waals surface area contributed by atoms with E-state index < -0.39 is 47.8 Å². The van der Waals surface area contributed by atoms with Crippen LogP contribution in [0.15, 0.2) is 18.2 Å². The number of rotatable bonds is 8. The molecule has 4 fully saturated rings. The molecule has 0 bridgehead atoms. The number of hydrogen-bond donors (Lipinski definition) is 4. The lowest BCUT2D eigenvalue weighted by molar-refractivity contribution is -0.193. The Labute approximate surface area is 297 Å². The van der Waals surface area contributed by atoms with Crippen molar-refractivity contribution in [3.05, 3.63) is 29.3 Å². The van der Waals surface area contributed by atoms with Gasteiger partial charge in [-0.05, 0) is 75.8 Å². The summed E-state index contributed by atoms with van der Waals surface area (Å²) in [6, 6.07) is 5.51. The van der Waals surface area contributed by atoms with Crippen molar-refractivity contribution >= 4 is 35.3 Å². The third-order valence-electron chi connectivity index (χ3n) is 10.4. The molecule has 296 valence electrons. The number of amides is 3. The van der Waals surface area contributed by atoms with Gasteiger partial charge in [-0.2, -0.15) is 39.5 Å². The number of nitrogens with one attached hydrogen (secondary N) is 2. The molecule has 2 aliphatic heterocycles. The Morgan fingerprint density at radius 3 is 1.89 bits per heavy atom. The summed E-state index contributed by atoms with van der Waals surface area (Å²) >= 11 is 0. The molecule has 0 spiro atoms. The van der Waals surface area contributed by atoms with E-state index >= 15 is 0 Å². The Morgan fingerprint density at radius 2 is 1.43 bits per heavy atom. The number of halogens is 9.